The fraction of sp³-hybridized carbons (Fsp3) is 1.00. The molecule has 0 heterocycles. The van der Waals surface area contributed by atoms with Gasteiger partial charge in [-0.1, -0.05) is 13.8 Å². The number of hydrogen-bond acceptors (Lipinski definition) is 2. The van der Waals surface area contributed by atoms with E-state index in [0.717, 1.165) is 37.5 Å². The first-order valence-electron chi connectivity index (χ1n) is 6.93. The van der Waals surface area contributed by atoms with E-state index in [1.54, 1.807) is 0 Å². The molecule has 0 aromatic heterocycles. The van der Waals surface area contributed by atoms with E-state index in [2.05, 4.69) is 13.8 Å². The van der Waals surface area contributed by atoms with E-state index in [1.807, 2.05) is 0 Å². The van der Waals surface area contributed by atoms with Crippen LogP contribution in [0.2, 0.25) is 0 Å². The molecule has 94 valence electrons. The van der Waals surface area contributed by atoms with Crippen molar-refractivity contribution in [3.8, 4) is 0 Å². The molecule has 2 heteroatoms. The average molecular weight is 225 g/mol. The largest absolute Gasteiger partial charge is 0.381 e. The van der Waals surface area contributed by atoms with Gasteiger partial charge in [0.05, 0.1) is 0 Å². The van der Waals surface area contributed by atoms with Crippen LogP contribution in [-0.2, 0) is 4.74 Å². The highest BCUT2D eigenvalue weighted by molar-refractivity contribution is 5.03. The molecule has 0 amide bonds. The molecule has 2 aliphatic rings. The van der Waals surface area contributed by atoms with Crippen molar-refractivity contribution in [2.45, 2.75) is 46.0 Å². The van der Waals surface area contributed by atoms with E-state index in [9.17, 15) is 0 Å². The van der Waals surface area contributed by atoms with Crippen LogP contribution >= 0.6 is 0 Å². The molecule has 2 N–H and O–H groups in total. The van der Waals surface area contributed by atoms with Crippen LogP contribution in [0.5, 0.6) is 0 Å². The third-order valence-corrected chi connectivity index (χ3v) is 4.51. The summed E-state index contributed by atoms with van der Waals surface area (Å²) in [6, 6.07) is 0. The van der Waals surface area contributed by atoms with Crippen molar-refractivity contribution in [1.82, 2.24) is 0 Å². The van der Waals surface area contributed by atoms with Gasteiger partial charge in [-0.3, -0.25) is 0 Å². The Morgan fingerprint density at radius 2 is 1.94 bits per heavy atom. The summed E-state index contributed by atoms with van der Waals surface area (Å²) in [4.78, 5) is 0. The molecular weight excluding hydrogens is 198 g/mol. The Balaban J connectivity index is 1.61. The molecule has 0 aromatic carbocycles. The molecule has 2 fully saturated rings. The van der Waals surface area contributed by atoms with E-state index >= 15 is 0 Å². The minimum absolute atomic E-state index is 0.450. The zero-order chi connectivity index (χ0) is 11.6. The molecule has 0 aromatic rings. The third-order valence-electron chi connectivity index (χ3n) is 4.51. The van der Waals surface area contributed by atoms with Crippen LogP contribution in [0, 0.1) is 23.2 Å². The molecule has 0 saturated heterocycles. The normalized spacial score (nSPS) is 36.8. The summed E-state index contributed by atoms with van der Waals surface area (Å²) in [7, 11) is 0. The van der Waals surface area contributed by atoms with E-state index in [0.29, 0.717) is 5.41 Å². The van der Waals surface area contributed by atoms with Gasteiger partial charge >= 0.3 is 0 Å². The van der Waals surface area contributed by atoms with Crippen LogP contribution in [0.3, 0.4) is 0 Å². The fourth-order valence-corrected chi connectivity index (χ4v) is 3.19. The van der Waals surface area contributed by atoms with Crippen molar-refractivity contribution in [3.63, 3.8) is 0 Å². The van der Waals surface area contributed by atoms with Crippen LogP contribution in [-0.4, -0.2) is 19.8 Å². The minimum Gasteiger partial charge on any atom is -0.381 e. The molecule has 2 rings (SSSR count). The molecule has 0 radical (unpaired) electrons. The zero-order valence-electron chi connectivity index (χ0n) is 10.9. The van der Waals surface area contributed by atoms with E-state index in [4.69, 9.17) is 10.5 Å². The van der Waals surface area contributed by atoms with Gasteiger partial charge in [0.15, 0.2) is 0 Å². The summed E-state index contributed by atoms with van der Waals surface area (Å²) in [5.74, 6) is 2.81. The van der Waals surface area contributed by atoms with Gasteiger partial charge in [0.1, 0.15) is 0 Å². The number of nitrogens with two attached hydrogens (primary N) is 1. The average Bonchev–Trinajstić information content (AvgIpc) is 2.86. The highest BCUT2D eigenvalue weighted by Crippen LogP contribution is 2.60. The lowest BCUT2D eigenvalue weighted by Crippen LogP contribution is -2.30. The quantitative estimate of drug-likeness (QED) is 0.676. The van der Waals surface area contributed by atoms with Crippen molar-refractivity contribution in [1.29, 1.82) is 0 Å². The summed E-state index contributed by atoms with van der Waals surface area (Å²) >= 11 is 0. The molecule has 0 bridgehead atoms. The van der Waals surface area contributed by atoms with Crippen molar-refractivity contribution in [3.05, 3.63) is 0 Å². The van der Waals surface area contributed by atoms with Crippen LogP contribution in [0.25, 0.3) is 0 Å². The van der Waals surface area contributed by atoms with Crippen LogP contribution in [0.15, 0.2) is 0 Å². The van der Waals surface area contributed by atoms with Crippen LogP contribution in [0.1, 0.15) is 46.0 Å². The maximum Gasteiger partial charge on any atom is 0.0471 e. The fourth-order valence-electron chi connectivity index (χ4n) is 3.19. The second-order valence-corrected chi connectivity index (χ2v) is 6.41. The number of hydrogen-bond donors (Lipinski definition) is 1. The maximum atomic E-state index is 5.96. The monoisotopic (exact) mass is 225 g/mol. The van der Waals surface area contributed by atoms with Gasteiger partial charge < -0.3 is 10.5 Å². The van der Waals surface area contributed by atoms with Crippen molar-refractivity contribution in [2.75, 3.05) is 19.8 Å². The first-order chi connectivity index (χ1) is 7.65. The number of rotatable bonds is 7. The summed E-state index contributed by atoms with van der Waals surface area (Å²) in [5.41, 5.74) is 6.41. The van der Waals surface area contributed by atoms with Crippen molar-refractivity contribution >= 4 is 0 Å². The van der Waals surface area contributed by atoms with Gasteiger partial charge in [-0.2, -0.15) is 0 Å². The summed E-state index contributed by atoms with van der Waals surface area (Å²) in [6.45, 7) is 7.20. The summed E-state index contributed by atoms with van der Waals surface area (Å²) in [6.07, 6.45) is 6.61. The van der Waals surface area contributed by atoms with E-state index in [1.165, 1.54) is 32.1 Å². The Morgan fingerprint density at radius 3 is 2.50 bits per heavy atom. The standard InChI is InChI=1S/C14H27NO/c1-11(2)3-5-16-6-4-14(10-15)8-12-7-13(12)9-14/h11-13H,3-10,15H2,1-2H3. The number of ether oxygens (including phenoxy) is 1. The Morgan fingerprint density at radius 1 is 1.25 bits per heavy atom. The highest BCUT2D eigenvalue weighted by Gasteiger charge is 2.52. The predicted octanol–water partition coefficient (Wildman–Crippen LogP) is 2.81. The third kappa shape index (κ3) is 2.98. The smallest absolute Gasteiger partial charge is 0.0471 e. The maximum absolute atomic E-state index is 5.96. The molecule has 16 heavy (non-hydrogen) atoms. The van der Waals surface area contributed by atoms with Crippen molar-refractivity contribution in [2.24, 2.45) is 28.9 Å². The second kappa shape index (κ2) is 5.05. The lowest BCUT2D eigenvalue weighted by atomic mass is 9.80. The molecule has 2 unspecified atom stereocenters. The van der Waals surface area contributed by atoms with E-state index in [-0.39, 0.29) is 0 Å². The lowest BCUT2D eigenvalue weighted by Gasteiger charge is -2.29. The zero-order valence-corrected chi connectivity index (χ0v) is 10.9. The minimum atomic E-state index is 0.450. The summed E-state index contributed by atoms with van der Waals surface area (Å²) < 4.78 is 5.73. The Hall–Kier alpha value is -0.0800. The van der Waals surface area contributed by atoms with Crippen molar-refractivity contribution < 1.29 is 4.74 Å². The Kier molecular flexibility index (Phi) is 3.91. The molecule has 0 aliphatic heterocycles. The molecule has 2 atom stereocenters. The van der Waals surface area contributed by atoms with E-state index < -0.39 is 0 Å². The second-order valence-electron chi connectivity index (χ2n) is 6.41. The van der Waals surface area contributed by atoms with Gasteiger partial charge in [0, 0.05) is 13.2 Å². The van der Waals surface area contributed by atoms with Gasteiger partial charge in [-0.05, 0) is 61.8 Å². The van der Waals surface area contributed by atoms with Crippen LogP contribution in [0.4, 0.5) is 0 Å². The van der Waals surface area contributed by atoms with Gasteiger partial charge in [-0.15, -0.1) is 0 Å². The molecule has 0 spiro atoms. The SMILES string of the molecule is CC(C)CCOCCC1(CN)CC2CC2C1. The molecule has 2 nitrogen and oxygen atoms in total. The predicted molar refractivity (Wildman–Crippen MR) is 67.2 cm³/mol. The molecular formula is C14H27NO. The topological polar surface area (TPSA) is 35.2 Å². The van der Waals surface area contributed by atoms with Gasteiger partial charge in [-0.25, -0.2) is 0 Å². The van der Waals surface area contributed by atoms with Crippen LogP contribution < -0.4 is 5.73 Å². The number of fused-ring (bicyclic) bond motifs is 1. The molecule has 2 aliphatic carbocycles. The van der Waals surface area contributed by atoms with Gasteiger partial charge in [0.2, 0.25) is 0 Å². The first-order valence-corrected chi connectivity index (χ1v) is 6.93. The highest BCUT2D eigenvalue weighted by atomic mass is 16.5. The first kappa shape index (κ1) is 12.4. The lowest BCUT2D eigenvalue weighted by molar-refractivity contribution is 0.0857. The molecule has 2 saturated carbocycles. The Labute approximate surface area is 99.9 Å². The Bertz CT molecular complexity index is 217. The van der Waals surface area contributed by atoms with Gasteiger partial charge in [0.25, 0.3) is 0 Å². The summed E-state index contributed by atoms with van der Waals surface area (Å²) in [5, 5.41) is 0.